The van der Waals surface area contributed by atoms with Gasteiger partial charge in [0.1, 0.15) is 5.82 Å². The number of methoxy groups -OCH3 is 1. The number of hydrogen-bond donors (Lipinski definition) is 1. The molecule has 0 atom stereocenters. The number of carbonyl (C=O) groups is 1. The van der Waals surface area contributed by atoms with Crippen molar-refractivity contribution in [3.05, 3.63) is 65.0 Å². The molecule has 104 valence electrons. The van der Waals surface area contributed by atoms with E-state index in [4.69, 9.17) is 0 Å². The lowest BCUT2D eigenvalue weighted by Gasteiger charge is -2.08. The molecule has 0 aliphatic carbocycles. The first kappa shape index (κ1) is 14.1. The first-order valence-electron chi connectivity index (χ1n) is 6.27. The molecule has 0 spiro atoms. The largest absolute Gasteiger partial charge is 0.465 e. The van der Waals surface area contributed by atoms with Crippen LogP contribution in [0.3, 0.4) is 0 Å². The molecule has 0 unspecified atom stereocenters. The van der Waals surface area contributed by atoms with E-state index in [0.29, 0.717) is 6.54 Å². The standard InChI is InChI=1S/C16H16FNO2/c1-11-3-6-13(7-4-11)18-10-12-5-8-14(15(17)9-12)16(19)20-2/h3-9,18H,10H2,1-2H3. The van der Waals surface area contributed by atoms with E-state index < -0.39 is 11.8 Å². The van der Waals surface area contributed by atoms with Crippen LogP contribution in [0.5, 0.6) is 0 Å². The Morgan fingerprint density at radius 2 is 1.90 bits per heavy atom. The van der Waals surface area contributed by atoms with Crippen LogP contribution < -0.4 is 5.32 Å². The molecule has 0 aliphatic heterocycles. The first-order valence-corrected chi connectivity index (χ1v) is 6.27. The van der Waals surface area contributed by atoms with Gasteiger partial charge in [-0.3, -0.25) is 0 Å². The van der Waals surface area contributed by atoms with E-state index in [1.165, 1.54) is 24.8 Å². The van der Waals surface area contributed by atoms with Crippen LogP contribution in [0.15, 0.2) is 42.5 Å². The minimum Gasteiger partial charge on any atom is -0.465 e. The maximum absolute atomic E-state index is 13.7. The van der Waals surface area contributed by atoms with Crippen molar-refractivity contribution in [2.75, 3.05) is 12.4 Å². The van der Waals surface area contributed by atoms with Crippen LogP contribution in [-0.4, -0.2) is 13.1 Å². The molecule has 0 fully saturated rings. The van der Waals surface area contributed by atoms with Gasteiger partial charge in [0.05, 0.1) is 12.7 Å². The number of rotatable bonds is 4. The summed E-state index contributed by atoms with van der Waals surface area (Å²) in [5, 5.41) is 3.20. The number of nitrogens with one attached hydrogen (secondary N) is 1. The SMILES string of the molecule is COC(=O)c1ccc(CNc2ccc(C)cc2)cc1F. The number of halogens is 1. The van der Waals surface area contributed by atoms with Crippen LogP contribution in [0.4, 0.5) is 10.1 Å². The molecule has 0 amide bonds. The first-order chi connectivity index (χ1) is 9.60. The number of esters is 1. The van der Waals surface area contributed by atoms with Crippen LogP contribution in [0.1, 0.15) is 21.5 Å². The van der Waals surface area contributed by atoms with Crippen molar-refractivity contribution < 1.29 is 13.9 Å². The molecule has 20 heavy (non-hydrogen) atoms. The normalized spacial score (nSPS) is 10.2. The third-order valence-corrected chi connectivity index (χ3v) is 2.99. The summed E-state index contributed by atoms with van der Waals surface area (Å²) < 4.78 is 18.2. The van der Waals surface area contributed by atoms with E-state index in [9.17, 15) is 9.18 Å². The predicted molar refractivity (Wildman–Crippen MR) is 76.2 cm³/mol. The highest BCUT2D eigenvalue weighted by molar-refractivity contribution is 5.89. The second kappa shape index (κ2) is 6.19. The maximum atomic E-state index is 13.7. The quantitative estimate of drug-likeness (QED) is 0.866. The van der Waals surface area contributed by atoms with E-state index in [1.54, 1.807) is 6.07 Å². The molecule has 1 N–H and O–H groups in total. The van der Waals surface area contributed by atoms with Crippen molar-refractivity contribution in [3.8, 4) is 0 Å². The molecule has 2 rings (SSSR count). The van der Waals surface area contributed by atoms with Gasteiger partial charge in [0.2, 0.25) is 0 Å². The third-order valence-electron chi connectivity index (χ3n) is 2.99. The van der Waals surface area contributed by atoms with Gasteiger partial charge in [-0.15, -0.1) is 0 Å². The predicted octanol–water partition coefficient (Wildman–Crippen LogP) is 3.53. The van der Waals surface area contributed by atoms with Crippen molar-refractivity contribution in [2.45, 2.75) is 13.5 Å². The van der Waals surface area contributed by atoms with Gasteiger partial charge in [0, 0.05) is 12.2 Å². The molecule has 3 nitrogen and oxygen atoms in total. The van der Waals surface area contributed by atoms with E-state index in [-0.39, 0.29) is 5.56 Å². The average Bonchev–Trinajstić information content (AvgIpc) is 2.46. The van der Waals surface area contributed by atoms with E-state index in [1.807, 2.05) is 31.2 Å². The summed E-state index contributed by atoms with van der Waals surface area (Å²) in [6.07, 6.45) is 0. The van der Waals surface area contributed by atoms with Gasteiger partial charge in [0.15, 0.2) is 0 Å². The Morgan fingerprint density at radius 1 is 1.20 bits per heavy atom. The van der Waals surface area contributed by atoms with Crippen LogP contribution in [0.25, 0.3) is 0 Å². The van der Waals surface area contributed by atoms with Gasteiger partial charge < -0.3 is 10.1 Å². The molecule has 0 aromatic heterocycles. The van der Waals surface area contributed by atoms with Crippen LogP contribution in [-0.2, 0) is 11.3 Å². The molecule has 0 aliphatic rings. The Balaban J connectivity index is 2.05. The fraction of sp³-hybridized carbons (Fsp3) is 0.188. The Hall–Kier alpha value is -2.36. The third kappa shape index (κ3) is 3.35. The second-order valence-corrected chi connectivity index (χ2v) is 4.53. The van der Waals surface area contributed by atoms with Crippen molar-refractivity contribution in [1.29, 1.82) is 0 Å². The molecule has 0 radical (unpaired) electrons. The lowest BCUT2D eigenvalue weighted by molar-refractivity contribution is 0.0595. The summed E-state index contributed by atoms with van der Waals surface area (Å²) in [6.45, 7) is 2.51. The summed E-state index contributed by atoms with van der Waals surface area (Å²) in [4.78, 5) is 11.3. The van der Waals surface area contributed by atoms with Crippen LogP contribution >= 0.6 is 0 Å². The van der Waals surface area contributed by atoms with Gasteiger partial charge in [-0.25, -0.2) is 9.18 Å². The minimum absolute atomic E-state index is 0.0495. The zero-order valence-electron chi connectivity index (χ0n) is 11.4. The molecule has 2 aromatic rings. The van der Waals surface area contributed by atoms with Gasteiger partial charge in [-0.1, -0.05) is 23.8 Å². The summed E-state index contributed by atoms with van der Waals surface area (Å²) >= 11 is 0. The average molecular weight is 273 g/mol. The fourth-order valence-electron chi connectivity index (χ4n) is 1.82. The van der Waals surface area contributed by atoms with Crippen LogP contribution in [0.2, 0.25) is 0 Å². The summed E-state index contributed by atoms with van der Waals surface area (Å²) in [7, 11) is 1.23. The smallest absolute Gasteiger partial charge is 0.340 e. The number of anilines is 1. The number of ether oxygens (including phenoxy) is 1. The zero-order chi connectivity index (χ0) is 14.5. The summed E-state index contributed by atoms with van der Waals surface area (Å²) in [5.74, 6) is -1.24. The summed E-state index contributed by atoms with van der Waals surface area (Å²) in [5.41, 5.74) is 2.86. The van der Waals surface area contributed by atoms with Gasteiger partial charge in [0.25, 0.3) is 0 Å². The number of hydrogen-bond acceptors (Lipinski definition) is 3. The van der Waals surface area contributed by atoms with Crippen molar-refractivity contribution in [1.82, 2.24) is 0 Å². The number of aryl methyl sites for hydroxylation is 1. The van der Waals surface area contributed by atoms with Crippen molar-refractivity contribution in [2.24, 2.45) is 0 Å². The topological polar surface area (TPSA) is 38.3 Å². The number of benzene rings is 2. The van der Waals surface area contributed by atoms with Crippen LogP contribution in [0, 0.1) is 12.7 Å². The highest BCUT2D eigenvalue weighted by Gasteiger charge is 2.11. The van der Waals surface area contributed by atoms with Crippen molar-refractivity contribution >= 4 is 11.7 Å². The molecular formula is C16H16FNO2. The Morgan fingerprint density at radius 3 is 2.50 bits per heavy atom. The van der Waals surface area contributed by atoms with E-state index >= 15 is 0 Å². The summed E-state index contributed by atoms with van der Waals surface area (Å²) in [6, 6.07) is 12.4. The molecule has 0 saturated carbocycles. The fourth-order valence-corrected chi connectivity index (χ4v) is 1.82. The van der Waals surface area contributed by atoms with Crippen molar-refractivity contribution in [3.63, 3.8) is 0 Å². The number of carbonyl (C=O) groups excluding carboxylic acids is 1. The highest BCUT2D eigenvalue weighted by Crippen LogP contribution is 2.14. The Labute approximate surface area is 117 Å². The monoisotopic (exact) mass is 273 g/mol. The molecule has 4 heteroatoms. The highest BCUT2D eigenvalue weighted by atomic mass is 19.1. The minimum atomic E-state index is -0.666. The molecule has 2 aromatic carbocycles. The molecule has 0 bridgehead atoms. The Kier molecular flexibility index (Phi) is 4.35. The maximum Gasteiger partial charge on any atom is 0.340 e. The van der Waals surface area contributed by atoms with E-state index in [2.05, 4.69) is 10.1 Å². The molecular weight excluding hydrogens is 257 g/mol. The molecule has 0 heterocycles. The van der Waals surface area contributed by atoms with Gasteiger partial charge >= 0.3 is 5.97 Å². The van der Waals surface area contributed by atoms with E-state index in [0.717, 1.165) is 11.3 Å². The Bertz CT molecular complexity index is 608. The van der Waals surface area contributed by atoms with Gasteiger partial charge in [-0.2, -0.15) is 0 Å². The lowest BCUT2D eigenvalue weighted by Crippen LogP contribution is -2.06. The lowest BCUT2D eigenvalue weighted by atomic mass is 10.1. The second-order valence-electron chi connectivity index (χ2n) is 4.53. The molecule has 0 saturated heterocycles. The van der Waals surface area contributed by atoms with Gasteiger partial charge in [-0.05, 0) is 36.8 Å². The zero-order valence-corrected chi connectivity index (χ0v) is 11.4.